The number of methoxy groups -OCH3 is 1. The van der Waals surface area contributed by atoms with Gasteiger partial charge in [-0.2, -0.15) is 5.10 Å². The molecule has 2 aromatic heterocycles. The van der Waals surface area contributed by atoms with Crippen LogP contribution in [0.3, 0.4) is 0 Å². The lowest BCUT2D eigenvalue weighted by Gasteiger charge is -2.25. The van der Waals surface area contributed by atoms with Gasteiger partial charge in [0.15, 0.2) is 0 Å². The van der Waals surface area contributed by atoms with Crippen LogP contribution in [0.15, 0.2) is 60.9 Å². The quantitative estimate of drug-likeness (QED) is 0.483. The summed E-state index contributed by atoms with van der Waals surface area (Å²) in [7, 11) is 1.56. The first-order chi connectivity index (χ1) is 15.2. The van der Waals surface area contributed by atoms with Crippen molar-refractivity contribution in [2.24, 2.45) is 0 Å². The molecule has 0 aliphatic carbocycles. The number of hydrogen-bond acceptors (Lipinski definition) is 5. The molecule has 1 aliphatic heterocycles. The number of piperidine rings is 1. The molecule has 1 atom stereocenters. The van der Waals surface area contributed by atoms with E-state index in [-0.39, 0.29) is 11.9 Å². The van der Waals surface area contributed by atoms with Gasteiger partial charge in [0, 0.05) is 30.0 Å². The van der Waals surface area contributed by atoms with Gasteiger partial charge in [-0.1, -0.05) is 12.1 Å². The van der Waals surface area contributed by atoms with E-state index in [1.807, 2.05) is 30.3 Å². The Bertz CT molecular complexity index is 1200. The molecular formula is C24H24FN5O. The van der Waals surface area contributed by atoms with Crippen molar-refractivity contribution >= 4 is 22.4 Å². The molecule has 4 aromatic rings. The highest BCUT2D eigenvalue weighted by molar-refractivity contribution is 5.95. The highest BCUT2D eigenvalue weighted by Gasteiger charge is 2.22. The van der Waals surface area contributed by atoms with Gasteiger partial charge in [0.2, 0.25) is 0 Å². The van der Waals surface area contributed by atoms with Crippen LogP contribution in [0, 0.1) is 5.82 Å². The summed E-state index contributed by atoms with van der Waals surface area (Å²) in [5.41, 5.74) is 2.99. The zero-order valence-electron chi connectivity index (χ0n) is 17.3. The van der Waals surface area contributed by atoms with Crippen molar-refractivity contribution in [3.05, 3.63) is 66.7 Å². The predicted molar refractivity (Wildman–Crippen MR) is 120 cm³/mol. The van der Waals surface area contributed by atoms with Crippen molar-refractivity contribution in [2.45, 2.75) is 18.9 Å². The molecular weight excluding hydrogens is 393 g/mol. The van der Waals surface area contributed by atoms with E-state index in [0.717, 1.165) is 53.9 Å². The van der Waals surface area contributed by atoms with Crippen molar-refractivity contribution in [1.29, 1.82) is 0 Å². The maximum Gasteiger partial charge on any atom is 0.137 e. The van der Waals surface area contributed by atoms with Crippen LogP contribution in [0.4, 0.5) is 15.9 Å². The summed E-state index contributed by atoms with van der Waals surface area (Å²) in [6, 6.07) is 14.8. The molecule has 1 fully saturated rings. The lowest BCUT2D eigenvalue weighted by atomic mass is 10.0. The molecule has 158 valence electrons. The monoisotopic (exact) mass is 417 g/mol. The third-order valence-electron chi connectivity index (χ3n) is 5.74. The molecule has 0 bridgehead atoms. The van der Waals surface area contributed by atoms with E-state index in [9.17, 15) is 4.39 Å². The van der Waals surface area contributed by atoms with Gasteiger partial charge in [0.1, 0.15) is 17.4 Å². The topological polar surface area (TPSA) is 64.0 Å². The first-order valence-corrected chi connectivity index (χ1v) is 10.5. The molecule has 31 heavy (non-hydrogen) atoms. The lowest BCUT2D eigenvalue weighted by molar-refractivity contribution is 0.352. The zero-order valence-corrected chi connectivity index (χ0v) is 17.3. The van der Waals surface area contributed by atoms with Gasteiger partial charge < -0.3 is 15.4 Å². The van der Waals surface area contributed by atoms with Gasteiger partial charge in [-0.05, 0) is 61.3 Å². The zero-order chi connectivity index (χ0) is 21.2. The van der Waals surface area contributed by atoms with Gasteiger partial charge in [0.05, 0.1) is 24.2 Å². The molecule has 1 unspecified atom stereocenters. The number of aromatic nitrogens is 3. The van der Waals surface area contributed by atoms with E-state index < -0.39 is 0 Å². The molecule has 5 rings (SSSR count). The van der Waals surface area contributed by atoms with Gasteiger partial charge in [-0.25, -0.2) is 9.07 Å². The van der Waals surface area contributed by atoms with Crippen LogP contribution in [-0.2, 0) is 0 Å². The van der Waals surface area contributed by atoms with Crippen LogP contribution in [-0.4, -0.2) is 35.0 Å². The molecule has 0 amide bonds. The highest BCUT2D eigenvalue weighted by atomic mass is 19.1. The minimum Gasteiger partial charge on any atom is -0.496 e. The van der Waals surface area contributed by atoms with Crippen LogP contribution < -0.4 is 15.4 Å². The third-order valence-corrected chi connectivity index (χ3v) is 5.74. The Kier molecular flexibility index (Phi) is 5.26. The summed E-state index contributed by atoms with van der Waals surface area (Å²) in [4.78, 5) is 4.10. The molecule has 2 aromatic carbocycles. The van der Waals surface area contributed by atoms with Crippen LogP contribution in [0.5, 0.6) is 5.75 Å². The molecule has 6 nitrogen and oxygen atoms in total. The van der Waals surface area contributed by atoms with E-state index in [1.54, 1.807) is 31.6 Å². The van der Waals surface area contributed by atoms with Crippen molar-refractivity contribution in [3.8, 4) is 16.9 Å². The molecule has 0 saturated carbocycles. The van der Waals surface area contributed by atoms with E-state index >= 15 is 0 Å². The number of hydrogen-bond donors (Lipinski definition) is 2. The summed E-state index contributed by atoms with van der Waals surface area (Å²) in [5, 5.41) is 12.8. The minimum absolute atomic E-state index is 0.247. The maximum absolute atomic E-state index is 14.7. The van der Waals surface area contributed by atoms with Crippen molar-refractivity contribution in [3.63, 3.8) is 0 Å². The van der Waals surface area contributed by atoms with Crippen molar-refractivity contribution < 1.29 is 9.13 Å². The maximum atomic E-state index is 14.7. The summed E-state index contributed by atoms with van der Waals surface area (Å²) < 4.78 is 22.2. The number of fused-ring (bicyclic) bond motifs is 1. The minimum atomic E-state index is -0.314. The van der Waals surface area contributed by atoms with Crippen molar-refractivity contribution in [2.75, 3.05) is 25.5 Å². The summed E-state index contributed by atoms with van der Waals surface area (Å²) in [6.45, 7) is 1.90. The Hall–Kier alpha value is -3.45. The molecule has 0 radical (unpaired) electrons. The van der Waals surface area contributed by atoms with E-state index in [2.05, 4.69) is 20.3 Å². The number of nitrogens with one attached hydrogen (secondary N) is 2. The number of anilines is 2. The number of halogens is 1. The summed E-state index contributed by atoms with van der Waals surface area (Å²) >= 11 is 0. The average molecular weight is 417 g/mol. The van der Waals surface area contributed by atoms with E-state index in [4.69, 9.17) is 9.84 Å². The fraction of sp³-hybridized carbons (Fsp3) is 0.250. The second-order valence-electron chi connectivity index (χ2n) is 7.70. The SMILES string of the molecule is COc1cccc(F)c1-c1ccc2nn(C3CCCNC3)c(Nc3ccncc3)c2c1. The fourth-order valence-electron chi connectivity index (χ4n) is 4.22. The molecule has 3 heterocycles. The van der Waals surface area contributed by atoms with Crippen LogP contribution in [0.25, 0.3) is 22.0 Å². The van der Waals surface area contributed by atoms with Crippen molar-refractivity contribution in [1.82, 2.24) is 20.1 Å². The van der Waals surface area contributed by atoms with Gasteiger partial charge in [-0.15, -0.1) is 0 Å². The predicted octanol–water partition coefficient (Wildman–Crippen LogP) is 4.91. The Morgan fingerprint density at radius 3 is 2.81 bits per heavy atom. The highest BCUT2D eigenvalue weighted by Crippen LogP contribution is 2.37. The molecule has 1 saturated heterocycles. The second kappa shape index (κ2) is 8.35. The lowest BCUT2D eigenvalue weighted by Crippen LogP contribution is -2.32. The Morgan fingerprint density at radius 1 is 1.16 bits per heavy atom. The standard InChI is InChI=1S/C24H24FN5O/c1-31-22-6-2-5-20(25)23(22)16-7-8-21-19(14-16)24(28-17-9-12-26-13-10-17)30(29-21)18-4-3-11-27-15-18/h2,5-10,12-14,18,27H,3-4,11,15H2,1H3,(H,26,28). The largest absolute Gasteiger partial charge is 0.496 e. The molecule has 2 N–H and O–H groups in total. The van der Waals surface area contributed by atoms with Gasteiger partial charge in [0.25, 0.3) is 0 Å². The van der Waals surface area contributed by atoms with Crippen LogP contribution in [0.2, 0.25) is 0 Å². The average Bonchev–Trinajstić information content (AvgIpc) is 3.17. The first kappa shape index (κ1) is 19.5. The Balaban J connectivity index is 1.67. The Labute approximate surface area is 180 Å². The summed E-state index contributed by atoms with van der Waals surface area (Å²) in [6.07, 6.45) is 5.67. The van der Waals surface area contributed by atoms with E-state index in [0.29, 0.717) is 11.3 Å². The number of rotatable bonds is 5. The number of ether oxygens (including phenoxy) is 1. The van der Waals surface area contributed by atoms with E-state index in [1.165, 1.54) is 6.07 Å². The van der Waals surface area contributed by atoms with Crippen LogP contribution >= 0.6 is 0 Å². The number of benzene rings is 2. The van der Waals surface area contributed by atoms with Gasteiger partial charge in [-0.3, -0.25) is 4.98 Å². The normalized spacial score (nSPS) is 16.4. The third kappa shape index (κ3) is 3.72. The molecule has 1 aliphatic rings. The smallest absolute Gasteiger partial charge is 0.137 e. The molecule has 7 heteroatoms. The summed E-state index contributed by atoms with van der Waals surface area (Å²) in [5.74, 6) is 1.09. The van der Waals surface area contributed by atoms with Crippen LogP contribution in [0.1, 0.15) is 18.9 Å². The van der Waals surface area contributed by atoms with Gasteiger partial charge >= 0.3 is 0 Å². The number of nitrogens with zero attached hydrogens (tertiary/aromatic N) is 3. The Morgan fingerprint density at radius 2 is 2.03 bits per heavy atom. The molecule has 0 spiro atoms. The first-order valence-electron chi connectivity index (χ1n) is 10.5. The fourth-order valence-corrected chi connectivity index (χ4v) is 4.22. The number of pyridine rings is 1. The second-order valence-corrected chi connectivity index (χ2v) is 7.70.